The number of pyridine rings is 1. The number of benzene rings is 1. The predicted octanol–water partition coefficient (Wildman–Crippen LogP) is 2.53. The van der Waals surface area contributed by atoms with E-state index in [0.717, 1.165) is 18.8 Å². The Hall–Kier alpha value is -1.87. The van der Waals surface area contributed by atoms with Crippen LogP contribution in [-0.4, -0.2) is 18.6 Å². The molecule has 0 atom stereocenters. The third-order valence-corrected chi connectivity index (χ3v) is 3.31. The van der Waals surface area contributed by atoms with Gasteiger partial charge in [-0.05, 0) is 42.6 Å². The number of hydrogen-bond donors (Lipinski definition) is 1. The van der Waals surface area contributed by atoms with Gasteiger partial charge >= 0.3 is 0 Å². The van der Waals surface area contributed by atoms with Crippen LogP contribution in [-0.2, 0) is 13.0 Å². The molecule has 1 aromatic heterocycles. The van der Waals surface area contributed by atoms with E-state index in [4.69, 9.17) is 5.73 Å². The number of aromatic nitrogens is 1. The maximum Gasteiger partial charge on any atom is 0.131 e. The van der Waals surface area contributed by atoms with Crippen LogP contribution in [0.5, 0.6) is 0 Å². The van der Waals surface area contributed by atoms with Gasteiger partial charge in [0.15, 0.2) is 0 Å². The van der Waals surface area contributed by atoms with Gasteiger partial charge < -0.3 is 10.6 Å². The first-order valence-electron chi connectivity index (χ1n) is 6.62. The van der Waals surface area contributed by atoms with Crippen molar-refractivity contribution in [2.24, 2.45) is 5.73 Å². The van der Waals surface area contributed by atoms with Crippen molar-refractivity contribution < 1.29 is 0 Å². The van der Waals surface area contributed by atoms with Crippen molar-refractivity contribution in [1.82, 2.24) is 4.98 Å². The van der Waals surface area contributed by atoms with E-state index >= 15 is 0 Å². The summed E-state index contributed by atoms with van der Waals surface area (Å²) in [5.74, 6) is 1.02. The average molecular weight is 255 g/mol. The Labute approximate surface area is 115 Å². The van der Waals surface area contributed by atoms with Crippen LogP contribution in [0, 0.1) is 6.92 Å². The Morgan fingerprint density at radius 1 is 1.11 bits per heavy atom. The van der Waals surface area contributed by atoms with Crippen LogP contribution < -0.4 is 10.6 Å². The molecule has 19 heavy (non-hydrogen) atoms. The standard InChI is InChI=1S/C16H21N3/c1-13-6-3-4-7-15(13)12-19(2)16-14(9-10-17)8-5-11-18-16/h3-8,11H,9-10,12,17H2,1-2H3. The lowest BCUT2D eigenvalue weighted by atomic mass is 10.1. The van der Waals surface area contributed by atoms with E-state index in [2.05, 4.69) is 54.2 Å². The van der Waals surface area contributed by atoms with Gasteiger partial charge in [-0.15, -0.1) is 0 Å². The van der Waals surface area contributed by atoms with E-state index in [1.54, 1.807) is 0 Å². The van der Waals surface area contributed by atoms with E-state index in [1.165, 1.54) is 16.7 Å². The lowest BCUT2D eigenvalue weighted by molar-refractivity contribution is 0.862. The molecule has 0 fully saturated rings. The minimum Gasteiger partial charge on any atom is -0.355 e. The molecule has 0 radical (unpaired) electrons. The maximum absolute atomic E-state index is 5.66. The second-order valence-corrected chi connectivity index (χ2v) is 4.81. The van der Waals surface area contributed by atoms with E-state index in [9.17, 15) is 0 Å². The van der Waals surface area contributed by atoms with E-state index in [0.29, 0.717) is 6.54 Å². The molecule has 0 bridgehead atoms. The number of aryl methyl sites for hydroxylation is 1. The SMILES string of the molecule is Cc1ccccc1CN(C)c1ncccc1CCN. The lowest BCUT2D eigenvalue weighted by Gasteiger charge is -2.22. The highest BCUT2D eigenvalue weighted by Gasteiger charge is 2.09. The Kier molecular flexibility index (Phi) is 4.53. The molecule has 3 heteroatoms. The highest BCUT2D eigenvalue weighted by molar-refractivity contribution is 5.47. The van der Waals surface area contributed by atoms with Crippen molar-refractivity contribution in [3.63, 3.8) is 0 Å². The summed E-state index contributed by atoms with van der Waals surface area (Å²) in [5, 5.41) is 0. The number of anilines is 1. The minimum atomic E-state index is 0.650. The number of nitrogens with zero attached hydrogens (tertiary/aromatic N) is 2. The molecule has 0 aliphatic carbocycles. The first kappa shape index (κ1) is 13.6. The van der Waals surface area contributed by atoms with Crippen LogP contribution >= 0.6 is 0 Å². The molecule has 1 aromatic carbocycles. The Morgan fingerprint density at radius 2 is 1.84 bits per heavy atom. The van der Waals surface area contributed by atoms with Gasteiger partial charge in [0.25, 0.3) is 0 Å². The van der Waals surface area contributed by atoms with Crippen LogP contribution in [0.4, 0.5) is 5.82 Å². The first-order valence-corrected chi connectivity index (χ1v) is 6.62. The van der Waals surface area contributed by atoms with Gasteiger partial charge in [-0.2, -0.15) is 0 Å². The molecular weight excluding hydrogens is 234 g/mol. The molecule has 0 aliphatic rings. The van der Waals surface area contributed by atoms with Crippen molar-refractivity contribution in [3.05, 3.63) is 59.3 Å². The second kappa shape index (κ2) is 6.34. The Morgan fingerprint density at radius 3 is 2.58 bits per heavy atom. The minimum absolute atomic E-state index is 0.650. The summed E-state index contributed by atoms with van der Waals surface area (Å²) >= 11 is 0. The Bertz CT molecular complexity index is 537. The van der Waals surface area contributed by atoms with Gasteiger partial charge in [-0.25, -0.2) is 4.98 Å². The lowest BCUT2D eigenvalue weighted by Crippen LogP contribution is -2.20. The third-order valence-electron chi connectivity index (χ3n) is 3.31. The van der Waals surface area contributed by atoms with Gasteiger partial charge in [0.2, 0.25) is 0 Å². The summed E-state index contributed by atoms with van der Waals surface area (Å²) in [6, 6.07) is 12.5. The molecule has 1 heterocycles. The Balaban J connectivity index is 2.20. The summed E-state index contributed by atoms with van der Waals surface area (Å²) in [4.78, 5) is 6.68. The first-order chi connectivity index (χ1) is 9.22. The molecule has 0 unspecified atom stereocenters. The van der Waals surface area contributed by atoms with Crippen molar-refractivity contribution in [2.45, 2.75) is 19.9 Å². The molecule has 2 aromatic rings. The number of nitrogens with two attached hydrogens (primary N) is 1. The highest BCUT2D eigenvalue weighted by atomic mass is 15.2. The summed E-state index contributed by atoms with van der Waals surface area (Å²) in [7, 11) is 2.08. The van der Waals surface area contributed by atoms with E-state index < -0.39 is 0 Å². The zero-order chi connectivity index (χ0) is 13.7. The molecule has 0 amide bonds. The smallest absolute Gasteiger partial charge is 0.131 e. The fourth-order valence-corrected chi connectivity index (χ4v) is 2.24. The number of hydrogen-bond acceptors (Lipinski definition) is 3. The number of rotatable bonds is 5. The van der Waals surface area contributed by atoms with Crippen LogP contribution in [0.2, 0.25) is 0 Å². The molecular formula is C16H21N3. The average Bonchev–Trinajstić information content (AvgIpc) is 2.42. The van der Waals surface area contributed by atoms with Crippen LogP contribution in [0.15, 0.2) is 42.6 Å². The molecule has 2 rings (SSSR count). The summed E-state index contributed by atoms with van der Waals surface area (Å²) in [6.45, 7) is 3.65. The quantitative estimate of drug-likeness (QED) is 0.892. The zero-order valence-corrected chi connectivity index (χ0v) is 11.6. The van der Waals surface area contributed by atoms with Gasteiger partial charge in [-0.3, -0.25) is 0 Å². The van der Waals surface area contributed by atoms with Crippen LogP contribution in [0.1, 0.15) is 16.7 Å². The molecule has 100 valence electrons. The largest absolute Gasteiger partial charge is 0.355 e. The highest BCUT2D eigenvalue weighted by Crippen LogP contribution is 2.19. The van der Waals surface area contributed by atoms with Gasteiger partial charge in [0, 0.05) is 19.8 Å². The summed E-state index contributed by atoms with van der Waals surface area (Å²) in [6.07, 6.45) is 2.70. The van der Waals surface area contributed by atoms with E-state index in [-0.39, 0.29) is 0 Å². The molecule has 0 saturated carbocycles. The molecule has 0 aliphatic heterocycles. The summed E-state index contributed by atoms with van der Waals surface area (Å²) < 4.78 is 0. The fourth-order valence-electron chi connectivity index (χ4n) is 2.24. The topological polar surface area (TPSA) is 42.2 Å². The monoisotopic (exact) mass is 255 g/mol. The van der Waals surface area contributed by atoms with E-state index in [1.807, 2.05) is 12.3 Å². The molecule has 3 nitrogen and oxygen atoms in total. The second-order valence-electron chi connectivity index (χ2n) is 4.81. The molecule has 0 spiro atoms. The third kappa shape index (κ3) is 3.32. The molecule has 0 saturated heterocycles. The van der Waals surface area contributed by atoms with Crippen molar-refractivity contribution in [3.8, 4) is 0 Å². The van der Waals surface area contributed by atoms with Crippen LogP contribution in [0.3, 0.4) is 0 Å². The van der Waals surface area contributed by atoms with Crippen molar-refractivity contribution in [1.29, 1.82) is 0 Å². The zero-order valence-electron chi connectivity index (χ0n) is 11.6. The normalized spacial score (nSPS) is 10.5. The maximum atomic E-state index is 5.66. The van der Waals surface area contributed by atoms with Crippen molar-refractivity contribution >= 4 is 5.82 Å². The summed E-state index contributed by atoms with van der Waals surface area (Å²) in [5.41, 5.74) is 9.51. The van der Waals surface area contributed by atoms with Gasteiger partial charge in [0.05, 0.1) is 0 Å². The van der Waals surface area contributed by atoms with Gasteiger partial charge in [0.1, 0.15) is 5.82 Å². The van der Waals surface area contributed by atoms with Gasteiger partial charge in [-0.1, -0.05) is 30.3 Å². The van der Waals surface area contributed by atoms with Crippen molar-refractivity contribution in [2.75, 3.05) is 18.5 Å². The fraction of sp³-hybridized carbons (Fsp3) is 0.312. The molecule has 2 N–H and O–H groups in total. The van der Waals surface area contributed by atoms with Crippen LogP contribution in [0.25, 0.3) is 0 Å². The predicted molar refractivity (Wildman–Crippen MR) is 80.3 cm³/mol.